The van der Waals surface area contributed by atoms with Crippen LogP contribution in [0.15, 0.2) is 48.9 Å². The number of halogens is 6. The SMILES string of the molecule is OC(Cc1ncc(CC2(C(F)(F)F)CCC2)[nH]1)(c1ccc(-n2cccn2)cc1)C(F)(F)F. The van der Waals surface area contributed by atoms with Crippen molar-refractivity contribution < 1.29 is 31.4 Å². The topological polar surface area (TPSA) is 66.7 Å². The monoisotopic (exact) mass is 458 g/mol. The van der Waals surface area contributed by atoms with Crippen molar-refractivity contribution in [2.24, 2.45) is 5.41 Å². The van der Waals surface area contributed by atoms with E-state index in [1.165, 1.54) is 23.0 Å². The summed E-state index contributed by atoms with van der Waals surface area (Å²) in [6, 6.07) is 6.70. The van der Waals surface area contributed by atoms with E-state index in [1.807, 2.05) is 0 Å². The molecule has 5 nitrogen and oxygen atoms in total. The molecule has 2 N–H and O–H groups in total. The quantitative estimate of drug-likeness (QED) is 0.519. The van der Waals surface area contributed by atoms with E-state index >= 15 is 0 Å². The van der Waals surface area contributed by atoms with Crippen molar-refractivity contribution >= 4 is 0 Å². The zero-order valence-corrected chi connectivity index (χ0v) is 16.7. The number of rotatable bonds is 6. The van der Waals surface area contributed by atoms with Crippen LogP contribution in [0.3, 0.4) is 0 Å². The van der Waals surface area contributed by atoms with Gasteiger partial charge in [0, 0.05) is 37.1 Å². The van der Waals surface area contributed by atoms with Crippen LogP contribution in [-0.2, 0) is 18.4 Å². The molecule has 11 heteroatoms. The van der Waals surface area contributed by atoms with Gasteiger partial charge in [0.25, 0.3) is 0 Å². The van der Waals surface area contributed by atoms with Crippen LogP contribution in [0, 0.1) is 5.41 Å². The van der Waals surface area contributed by atoms with Gasteiger partial charge in [0.05, 0.1) is 11.1 Å². The number of imidazole rings is 1. The van der Waals surface area contributed by atoms with E-state index in [1.54, 1.807) is 12.3 Å². The van der Waals surface area contributed by atoms with Crippen LogP contribution in [0.25, 0.3) is 5.69 Å². The molecular formula is C21H20F6N4O. The van der Waals surface area contributed by atoms with E-state index in [0.717, 1.165) is 18.3 Å². The predicted molar refractivity (Wildman–Crippen MR) is 102 cm³/mol. The second kappa shape index (κ2) is 7.65. The van der Waals surface area contributed by atoms with Gasteiger partial charge in [-0.25, -0.2) is 9.67 Å². The predicted octanol–water partition coefficient (Wildman–Crippen LogP) is 4.86. The van der Waals surface area contributed by atoms with Crippen LogP contribution >= 0.6 is 0 Å². The van der Waals surface area contributed by atoms with Crippen LogP contribution in [0.1, 0.15) is 36.3 Å². The van der Waals surface area contributed by atoms with Crippen LogP contribution in [0.4, 0.5) is 26.3 Å². The lowest BCUT2D eigenvalue weighted by Crippen LogP contribution is -2.45. The molecule has 2 heterocycles. The Balaban J connectivity index is 1.57. The molecule has 1 atom stereocenters. The fourth-order valence-electron chi connectivity index (χ4n) is 4.03. The third kappa shape index (κ3) is 3.89. The van der Waals surface area contributed by atoms with E-state index in [9.17, 15) is 31.4 Å². The molecule has 3 aromatic rings. The summed E-state index contributed by atoms with van der Waals surface area (Å²) in [5, 5.41) is 14.6. The molecule has 1 aromatic carbocycles. The van der Waals surface area contributed by atoms with Gasteiger partial charge in [0.15, 0.2) is 5.60 Å². The number of hydrogen-bond acceptors (Lipinski definition) is 3. The van der Waals surface area contributed by atoms with Crippen molar-refractivity contribution in [1.29, 1.82) is 0 Å². The van der Waals surface area contributed by atoms with Crippen LogP contribution < -0.4 is 0 Å². The smallest absolute Gasteiger partial charge is 0.376 e. The largest absolute Gasteiger partial charge is 0.421 e. The third-order valence-corrected chi connectivity index (χ3v) is 6.13. The molecule has 172 valence electrons. The average molecular weight is 458 g/mol. The molecule has 0 aliphatic heterocycles. The first kappa shape index (κ1) is 22.4. The minimum absolute atomic E-state index is 0.0278. The van der Waals surface area contributed by atoms with E-state index in [4.69, 9.17) is 0 Å². The molecule has 1 aliphatic carbocycles. The molecule has 0 bridgehead atoms. The Kier molecular flexibility index (Phi) is 5.35. The van der Waals surface area contributed by atoms with Crippen molar-refractivity contribution in [3.05, 3.63) is 66.0 Å². The normalized spacial score (nSPS) is 18.2. The van der Waals surface area contributed by atoms with Crippen LogP contribution in [0.5, 0.6) is 0 Å². The highest BCUT2D eigenvalue weighted by Crippen LogP contribution is 2.54. The van der Waals surface area contributed by atoms with Gasteiger partial charge in [-0.3, -0.25) is 0 Å². The minimum Gasteiger partial charge on any atom is -0.376 e. The molecule has 32 heavy (non-hydrogen) atoms. The highest BCUT2D eigenvalue weighted by atomic mass is 19.4. The lowest BCUT2D eigenvalue weighted by atomic mass is 9.65. The van der Waals surface area contributed by atoms with E-state index in [0.29, 0.717) is 12.1 Å². The summed E-state index contributed by atoms with van der Waals surface area (Å²) in [4.78, 5) is 6.38. The van der Waals surface area contributed by atoms with Gasteiger partial charge in [0.2, 0.25) is 0 Å². The van der Waals surface area contributed by atoms with Crippen molar-refractivity contribution in [1.82, 2.24) is 19.7 Å². The summed E-state index contributed by atoms with van der Waals surface area (Å²) in [5.41, 5.74) is -4.97. The maximum absolute atomic E-state index is 13.9. The van der Waals surface area contributed by atoms with Gasteiger partial charge in [-0.05, 0) is 36.6 Å². The van der Waals surface area contributed by atoms with Crippen molar-refractivity contribution in [3.63, 3.8) is 0 Å². The maximum Gasteiger partial charge on any atom is 0.421 e. The van der Waals surface area contributed by atoms with Gasteiger partial charge < -0.3 is 10.1 Å². The lowest BCUT2D eigenvalue weighted by Gasteiger charge is -2.43. The van der Waals surface area contributed by atoms with Gasteiger partial charge in [-0.1, -0.05) is 18.6 Å². The van der Waals surface area contributed by atoms with Crippen LogP contribution in [0.2, 0.25) is 0 Å². The van der Waals surface area contributed by atoms with Crippen molar-refractivity contribution in [3.8, 4) is 5.69 Å². The number of H-pyrrole nitrogens is 1. The standard InChI is InChI=1S/C21H20F6N4O/c22-20(23,24)18(7-1-8-18)11-15-13-28-17(30-15)12-19(32,21(25,26)27)14-3-5-16(6-4-14)31-10-2-9-29-31/h2-6,9-10,13,32H,1,7-8,11-12H2,(H,28,30). The highest BCUT2D eigenvalue weighted by molar-refractivity contribution is 5.37. The summed E-state index contributed by atoms with van der Waals surface area (Å²) >= 11 is 0. The zero-order valence-electron chi connectivity index (χ0n) is 16.7. The fraction of sp³-hybridized carbons (Fsp3) is 0.429. The fourth-order valence-corrected chi connectivity index (χ4v) is 4.03. The third-order valence-electron chi connectivity index (χ3n) is 6.13. The number of hydrogen-bond donors (Lipinski definition) is 2. The summed E-state index contributed by atoms with van der Waals surface area (Å²) in [6.45, 7) is 0. The maximum atomic E-state index is 13.9. The zero-order chi connectivity index (χ0) is 23.2. The van der Waals surface area contributed by atoms with Crippen molar-refractivity contribution in [2.75, 3.05) is 0 Å². The molecule has 1 aliphatic rings. The van der Waals surface area contributed by atoms with Crippen molar-refractivity contribution in [2.45, 2.75) is 50.1 Å². The molecule has 4 rings (SSSR count). The number of alkyl halides is 6. The summed E-state index contributed by atoms with van der Waals surface area (Å²) < 4.78 is 83.3. The second-order valence-electron chi connectivity index (χ2n) is 8.20. The summed E-state index contributed by atoms with van der Waals surface area (Å²) in [6.07, 6.45) is -6.16. The second-order valence-corrected chi connectivity index (χ2v) is 8.20. The Morgan fingerprint density at radius 2 is 1.75 bits per heavy atom. The molecule has 0 radical (unpaired) electrons. The molecule has 0 spiro atoms. The van der Waals surface area contributed by atoms with Crippen LogP contribution in [-0.4, -0.2) is 37.2 Å². The Labute approximate surface area is 179 Å². The lowest BCUT2D eigenvalue weighted by molar-refractivity contribution is -0.266. The molecule has 0 amide bonds. The number of nitrogens with one attached hydrogen (secondary N) is 1. The van der Waals surface area contributed by atoms with Gasteiger partial charge >= 0.3 is 12.4 Å². The first-order valence-corrected chi connectivity index (χ1v) is 9.93. The molecule has 2 aromatic heterocycles. The first-order valence-electron chi connectivity index (χ1n) is 9.93. The van der Waals surface area contributed by atoms with E-state index in [2.05, 4.69) is 15.1 Å². The van der Waals surface area contributed by atoms with Gasteiger partial charge in [-0.2, -0.15) is 31.4 Å². The van der Waals surface area contributed by atoms with E-state index in [-0.39, 0.29) is 30.8 Å². The summed E-state index contributed by atoms with van der Waals surface area (Å²) in [5.74, 6) is -0.243. The molecular weight excluding hydrogens is 438 g/mol. The first-order chi connectivity index (χ1) is 14.9. The molecule has 1 unspecified atom stereocenters. The number of aliphatic hydroxyl groups is 1. The molecule has 1 saturated carbocycles. The Morgan fingerprint density at radius 3 is 2.25 bits per heavy atom. The molecule has 1 fully saturated rings. The number of benzene rings is 1. The van der Waals surface area contributed by atoms with E-state index < -0.39 is 35.4 Å². The average Bonchev–Trinajstić information content (AvgIpc) is 3.35. The Morgan fingerprint density at radius 1 is 1.06 bits per heavy atom. The highest BCUT2D eigenvalue weighted by Gasteiger charge is 2.58. The summed E-state index contributed by atoms with van der Waals surface area (Å²) in [7, 11) is 0. The Hall–Kier alpha value is -2.82. The van der Waals surface area contributed by atoms with Gasteiger partial charge in [-0.15, -0.1) is 0 Å². The number of aromatic nitrogens is 4. The van der Waals surface area contributed by atoms with Gasteiger partial charge in [0.1, 0.15) is 5.82 Å². The minimum atomic E-state index is -5.05. The molecule has 0 saturated heterocycles. The number of aromatic amines is 1. The Bertz CT molecular complexity index is 1050. The number of nitrogens with zero attached hydrogens (tertiary/aromatic N) is 3.